The number of carbonyl (C=O) groups is 2. The van der Waals surface area contributed by atoms with Gasteiger partial charge < -0.3 is 14.8 Å². The number of benzene rings is 1. The maximum Gasteiger partial charge on any atom is 0.243 e. The lowest BCUT2D eigenvalue weighted by Crippen LogP contribution is -2.48. The third kappa shape index (κ3) is 5.32. The summed E-state index contributed by atoms with van der Waals surface area (Å²) in [5.41, 5.74) is 1.50. The first kappa shape index (κ1) is 21.7. The standard InChI is InChI=1S/C22H32N4O2S/c1-15-9-8-10-16(2)26(15)20(28)13-25-18-12-7-6-11-17(18)23-21(25)29-14-19(27)24-22(3,4)5/h6-7,11-12,15-16H,8-10,13-14H2,1-5H3,(H,24,27). The van der Waals surface area contributed by atoms with Crippen LogP contribution in [0.5, 0.6) is 0 Å². The lowest BCUT2D eigenvalue weighted by molar-refractivity contribution is -0.138. The van der Waals surface area contributed by atoms with Crippen LogP contribution in [-0.4, -0.2) is 49.6 Å². The number of piperidine rings is 1. The number of aromatic nitrogens is 2. The molecule has 0 radical (unpaired) electrons. The molecule has 6 nitrogen and oxygen atoms in total. The minimum Gasteiger partial charge on any atom is -0.351 e. The molecule has 2 unspecified atom stereocenters. The van der Waals surface area contributed by atoms with Gasteiger partial charge in [0.25, 0.3) is 0 Å². The van der Waals surface area contributed by atoms with Crippen molar-refractivity contribution < 1.29 is 9.59 Å². The fourth-order valence-electron chi connectivity index (χ4n) is 4.03. The second kappa shape index (κ2) is 8.78. The number of rotatable bonds is 5. The average Bonchev–Trinajstić information content (AvgIpc) is 2.96. The van der Waals surface area contributed by atoms with E-state index in [2.05, 4.69) is 19.2 Å². The summed E-state index contributed by atoms with van der Waals surface area (Å²) in [6.45, 7) is 10.4. The van der Waals surface area contributed by atoms with Crippen LogP contribution < -0.4 is 5.32 Å². The summed E-state index contributed by atoms with van der Waals surface area (Å²) >= 11 is 1.38. The lowest BCUT2D eigenvalue weighted by Gasteiger charge is -2.39. The van der Waals surface area contributed by atoms with Gasteiger partial charge in [-0.1, -0.05) is 23.9 Å². The molecule has 0 bridgehead atoms. The molecule has 0 aliphatic carbocycles. The van der Waals surface area contributed by atoms with Crippen molar-refractivity contribution in [1.29, 1.82) is 0 Å². The molecule has 0 saturated carbocycles. The van der Waals surface area contributed by atoms with Crippen molar-refractivity contribution in [1.82, 2.24) is 19.8 Å². The van der Waals surface area contributed by atoms with Gasteiger partial charge in [-0.2, -0.15) is 0 Å². The van der Waals surface area contributed by atoms with Gasteiger partial charge in [0.1, 0.15) is 6.54 Å². The third-order valence-corrected chi connectivity index (χ3v) is 6.22. The minimum atomic E-state index is -0.270. The Labute approximate surface area is 177 Å². The Kier molecular flexibility index (Phi) is 6.56. The molecule has 2 heterocycles. The second-order valence-electron chi connectivity index (χ2n) is 8.99. The maximum absolute atomic E-state index is 13.2. The van der Waals surface area contributed by atoms with Gasteiger partial charge in [-0.25, -0.2) is 4.98 Å². The lowest BCUT2D eigenvalue weighted by atomic mass is 9.97. The van der Waals surface area contributed by atoms with Crippen LogP contribution in [0.4, 0.5) is 0 Å². The van der Waals surface area contributed by atoms with Gasteiger partial charge in [0.2, 0.25) is 11.8 Å². The van der Waals surface area contributed by atoms with E-state index in [0.29, 0.717) is 5.16 Å². The van der Waals surface area contributed by atoms with E-state index in [1.807, 2.05) is 54.5 Å². The van der Waals surface area contributed by atoms with Crippen molar-refractivity contribution in [3.63, 3.8) is 0 Å². The van der Waals surface area contributed by atoms with Gasteiger partial charge in [0.15, 0.2) is 5.16 Å². The first-order chi connectivity index (χ1) is 13.7. The molecule has 29 heavy (non-hydrogen) atoms. The summed E-state index contributed by atoms with van der Waals surface area (Å²) in [7, 11) is 0. The van der Waals surface area contributed by atoms with Crippen LogP contribution in [0.15, 0.2) is 29.4 Å². The molecular weight excluding hydrogens is 384 g/mol. The molecule has 2 atom stereocenters. The Morgan fingerprint density at radius 3 is 2.48 bits per heavy atom. The zero-order valence-corrected chi connectivity index (χ0v) is 18.9. The Morgan fingerprint density at radius 1 is 1.17 bits per heavy atom. The highest BCUT2D eigenvalue weighted by Crippen LogP contribution is 2.27. The molecule has 1 aliphatic heterocycles. The minimum absolute atomic E-state index is 0.0364. The molecule has 2 aromatic rings. The quantitative estimate of drug-likeness (QED) is 0.752. The number of para-hydroxylation sites is 2. The monoisotopic (exact) mass is 416 g/mol. The van der Waals surface area contributed by atoms with Crippen molar-refractivity contribution in [2.45, 2.75) is 83.2 Å². The zero-order chi connectivity index (χ0) is 21.2. The Balaban J connectivity index is 1.81. The average molecular weight is 417 g/mol. The van der Waals surface area contributed by atoms with Gasteiger partial charge in [-0.05, 0) is 66.0 Å². The number of fused-ring (bicyclic) bond motifs is 1. The van der Waals surface area contributed by atoms with Crippen LogP contribution in [0, 0.1) is 0 Å². The van der Waals surface area contributed by atoms with E-state index in [1.165, 1.54) is 18.2 Å². The van der Waals surface area contributed by atoms with Crippen molar-refractivity contribution in [3.05, 3.63) is 24.3 Å². The van der Waals surface area contributed by atoms with Crippen LogP contribution in [0.1, 0.15) is 53.9 Å². The molecule has 0 spiro atoms. The number of thioether (sulfide) groups is 1. The predicted octanol–water partition coefficient (Wildman–Crippen LogP) is 3.83. The summed E-state index contributed by atoms with van der Waals surface area (Å²) in [4.78, 5) is 32.2. The molecule has 7 heteroatoms. The molecule has 1 N–H and O–H groups in total. The first-order valence-corrected chi connectivity index (χ1v) is 11.3. The van der Waals surface area contributed by atoms with Crippen LogP contribution in [0.3, 0.4) is 0 Å². The van der Waals surface area contributed by atoms with E-state index in [9.17, 15) is 9.59 Å². The zero-order valence-electron chi connectivity index (χ0n) is 18.1. The number of nitrogens with zero attached hydrogens (tertiary/aromatic N) is 3. The highest BCUT2D eigenvalue weighted by Gasteiger charge is 2.29. The van der Waals surface area contributed by atoms with E-state index in [4.69, 9.17) is 4.98 Å². The first-order valence-electron chi connectivity index (χ1n) is 10.4. The van der Waals surface area contributed by atoms with E-state index < -0.39 is 0 Å². The van der Waals surface area contributed by atoms with Crippen molar-refractivity contribution in [2.75, 3.05) is 5.75 Å². The van der Waals surface area contributed by atoms with Gasteiger partial charge in [-0.15, -0.1) is 0 Å². The fraction of sp³-hybridized carbons (Fsp3) is 0.591. The number of nitrogens with one attached hydrogen (secondary N) is 1. The second-order valence-corrected chi connectivity index (χ2v) is 9.93. The molecule has 1 aliphatic rings. The van der Waals surface area contributed by atoms with Crippen molar-refractivity contribution in [2.24, 2.45) is 0 Å². The smallest absolute Gasteiger partial charge is 0.243 e. The van der Waals surface area contributed by atoms with Crippen molar-refractivity contribution >= 4 is 34.6 Å². The number of likely N-dealkylation sites (tertiary alicyclic amines) is 1. The molecule has 3 rings (SSSR count). The topological polar surface area (TPSA) is 67.2 Å². The SMILES string of the molecule is CC1CCCC(C)N1C(=O)Cn1c(SCC(=O)NC(C)(C)C)nc2ccccc21. The number of imidazole rings is 1. The van der Waals surface area contributed by atoms with Gasteiger partial charge in [0, 0.05) is 17.6 Å². The van der Waals surface area contributed by atoms with E-state index in [0.717, 1.165) is 23.9 Å². The number of hydrogen-bond donors (Lipinski definition) is 1. The number of carbonyl (C=O) groups excluding carboxylic acids is 2. The van der Waals surface area contributed by atoms with Crippen LogP contribution in [0.2, 0.25) is 0 Å². The predicted molar refractivity (Wildman–Crippen MR) is 118 cm³/mol. The van der Waals surface area contributed by atoms with Crippen molar-refractivity contribution in [3.8, 4) is 0 Å². The molecule has 2 amide bonds. The van der Waals surface area contributed by atoms with Gasteiger partial charge in [0.05, 0.1) is 16.8 Å². The van der Waals surface area contributed by atoms with Crippen LogP contribution >= 0.6 is 11.8 Å². The largest absolute Gasteiger partial charge is 0.351 e. The molecule has 1 aromatic heterocycles. The third-order valence-electron chi connectivity index (χ3n) is 5.24. The maximum atomic E-state index is 13.2. The summed E-state index contributed by atoms with van der Waals surface area (Å²) < 4.78 is 1.96. The van der Waals surface area contributed by atoms with E-state index in [-0.39, 0.29) is 41.7 Å². The van der Waals surface area contributed by atoms with Gasteiger partial charge >= 0.3 is 0 Å². The van der Waals surface area contributed by atoms with Crippen LogP contribution in [0.25, 0.3) is 11.0 Å². The summed E-state index contributed by atoms with van der Waals surface area (Å²) in [6.07, 6.45) is 3.27. The molecular formula is C22H32N4O2S. The molecule has 1 saturated heterocycles. The molecule has 1 aromatic carbocycles. The number of amides is 2. The fourth-order valence-corrected chi connectivity index (χ4v) is 4.84. The highest BCUT2D eigenvalue weighted by molar-refractivity contribution is 7.99. The van der Waals surface area contributed by atoms with Crippen LogP contribution in [-0.2, 0) is 16.1 Å². The summed E-state index contributed by atoms with van der Waals surface area (Å²) in [6, 6.07) is 8.35. The van der Waals surface area contributed by atoms with E-state index >= 15 is 0 Å². The van der Waals surface area contributed by atoms with Gasteiger partial charge in [-0.3, -0.25) is 9.59 Å². The molecule has 158 valence electrons. The summed E-state index contributed by atoms with van der Waals surface area (Å²) in [5, 5.41) is 3.68. The molecule has 1 fully saturated rings. The number of hydrogen-bond acceptors (Lipinski definition) is 4. The normalized spacial score (nSPS) is 20.1. The Hall–Kier alpha value is -2.02. The van der Waals surface area contributed by atoms with E-state index in [1.54, 1.807) is 0 Å². The Morgan fingerprint density at radius 2 is 1.83 bits per heavy atom. The Bertz CT molecular complexity index is 877. The summed E-state index contributed by atoms with van der Waals surface area (Å²) in [5.74, 6) is 0.352. The highest BCUT2D eigenvalue weighted by atomic mass is 32.2.